The third-order valence-corrected chi connectivity index (χ3v) is 5.67. The Morgan fingerprint density at radius 3 is 2.62 bits per heavy atom. The van der Waals surface area contributed by atoms with Gasteiger partial charge < -0.3 is 9.80 Å². The Kier molecular flexibility index (Phi) is 7.02. The van der Waals surface area contributed by atoms with Gasteiger partial charge in [0.25, 0.3) is 11.8 Å². The Hall–Kier alpha value is -2.69. The fourth-order valence-corrected chi connectivity index (χ4v) is 3.95. The van der Waals surface area contributed by atoms with Crippen LogP contribution in [0.4, 0.5) is 0 Å². The Labute approximate surface area is 173 Å². The molecule has 1 aliphatic heterocycles. The molecule has 3 rings (SSSR count). The fourth-order valence-electron chi connectivity index (χ4n) is 3.95. The maximum absolute atomic E-state index is 13.2. The van der Waals surface area contributed by atoms with Crippen LogP contribution in [0.5, 0.6) is 0 Å². The standard InChI is InChI=1S/C24H31N3O2/c1-4-21-12-8-9-15-26(21)24(29)22-16-20(13-14-25-22)23(28)27(18(2)3)17-19-10-6-5-7-11-19/h5-7,10-11,13-14,16,18,21H,4,8-9,12,15,17H2,1-3H3. The highest BCUT2D eigenvalue weighted by atomic mass is 16.2. The number of aromatic nitrogens is 1. The number of rotatable bonds is 6. The van der Waals surface area contributed by atoms with Crippen molar-refractivity contribution >= 4 is 11.8 Å². The van der Waals surface area contributed by atoms with Crippen molar-refractivity contribution in [2.75, 3.05) is 6.54 Å². The van der Waals surface area contributed by atoms with Gasteiger partial charge in [0, 0.05) is 36.9 Å². The van der Waals surface area contributed by atoms with E-state index in [9.17, 15) is 9.59 Å². The molecule has 0 saturated carbocycles. The largest absolute Gasteiger partial charge is 0.334 e. The molecule has 0 N–H and O–H groups in total. The molecule has 1 atom stereocenters. The number of hydrogen-bond donors (Lipinski definition) is 0. The highest BCUT2D eigenvalue weighted by molar-refractivity contribution is 5.98. The van der Waals surface area contributed by atoms with Crippen molar-refractivity contribution in [3.05, 3.63) is 65.5 Å². The van der Waals surface area contributed by atoms with Crippen molar-refractivity contribution in [3.63, 3.8) is 0 Å². The van der Waals surface area contributed by atoms with E-state index in [1.54, 1.807) is 18.3 Å². The minimum absolute atomic E-state index is 0.0431. The predicted molar refractivity (Wildman–Crippen MR) is 115 cm³/mol. The van der Waals surface area contributed by atoms with Crippen LogP contribution in [0, 0.1) is 0 Å². The summed E-state index contributed by atoms with van der Waals surface area (Å²) in [5.74, 6) is -0.142. The monoisotopic (exact) mass is 393 g/mol. The Balaban J connectivity index is 1.81. The van der Waals surface area contributed by atoms with Crippen LogP contribution in [-0.4, -0.2) is 45.2 Å². The molecule has 1 aromatic carbocycles. The predicted octanol–water partition coefficient (Wildman–Crippen LogP) is 4.54. The van der Waals surface area contributed by atoms with Crippen LogP contribution in [0.2, 0.25) is 0 Å². The molecule has 1 aromatic heterocycles. The van der Waals surface area contributed by atoms with Crippen LogP contribution in [0.25, 0.3) is 0 Å². The number of likely N-dealkylation sites (tertiary alicyclic amines) is 1. The number of hydrogen-bond acceptors (Lipinski definition) is 3. The molecule has 0 aliphatic carbocycles. The van der Waals surface area contributed by atoms with E-state index in [4.69, 9.17) is 0 Å². The summed E-state index contributed by atoms with van der Waals surface area (Å²) >= 11 is 0. The van der Waals surface area contributed by atoms with E-state index in [1.165, 1.54) is 0 Å². The summed E-state index contributed by atoms with van der Waals surface area (Å²) in [5.41, 5.74) is 1.96. The van der Waals surface area contributed by atoms with Crippen LogP contribution >= 0.6 is 0 Å². The molecule has 0 bridgehead atoms. The van der Waals surface area contributed by atoms with E-state index >= 15 is 0 Å². The second-order valence-electron chi connectivity index (χ2n) is 8.00. The van der Waals surface area contributed by atoms with Gasteiger partial charge in [0.2, 0.25) is 0 Å². The number of benzene rings is 1. The van der Waals surface area contributed by atoms with Crippen molar-refractivity contribution < 1.29 is 9.59 Å². The van der Waals surface area contributed by atoms with Crippen molar-refractivity contribution in [2.45, 2.75) is 65.1 Å². The Bertz CT molecular complexity index is 835. The Morgan fingerprint density at radius 1 is 1.17 bits per heavy atom. The first-order valence-corrected chi connectivity index (χ1v) is 10.6. The molecular formula is C24H31N3O2. The van der Waals surface area contributed by atoms with Crippen LogP contribution in [-0.2, 0) is 6.54 Å². The minimum atomic E-state index is -0.0778. The number of carbonyl (C=O) groups is 2. The zero-order valence-corrected chi connectivity index (χ0v) is 17.7. The maximum Gasteiger partial charge on any atom is 0.272 e. The maximum atomic E-state index is 13.2. The van der Waals surface area contributed by atoms with Crippen molar-refractivity contribution in [1.29, 1.82) is 0 Å². The third kappa shape index (κ3) is 5.03. The smallest absolute Gasteiger partial charge is 0.272 e. The zero-order valence-electron chi connectivity index (χ0n) is 17.7. The average molecular weight is 394 g/mol. The number of amides is 2. The number of nitrogens with zero attached hydrogens (tertiary/aromatic N) is 3. The molecule has 5 nitrogen and oxygen atoms in total. The van der Waals surface area contributed by atoms with Crippen LogP contribution in [0.1, 0.15) is 72.9 Å². The first-order valence-electron chi connectivity index (χ1n) is 10.6. The molecule has 1 aliphatic rings. The van der Waals surface area contributed by atoms with E-state index in [2.05, 4.69) is 11.9 Å². The summed E-state index contributed by atoms with van der Waals surface area (Å²) in [7, 11) is 0. The SMILES string of the molecule is CCC1CCCCN1C(=O)c1cc(C(=O)N(Cc2ccccc2)C(C)C)ccn1. The topological polar surface area (TPSA) is 53.5 Å². The quantitative estimate of drug-likeness (QED) is 0.724. The number of carbonyl (C=O) groups excluding carboxylic acids is 2. The summed E-state index contributed by atoms with van der Waals surface area (Å²) < 4.78 is 0. The Morgan fingerprint density at radius 2 is 1.93 bits per heavy atom. The van der Waals surface area contributed by atoms with Crippen LogP contribution in [0.3, 0.4) is 0 Å². The average Bonchev–Trinajstić information content (AvgIpc) is 2.77. The first kappa shape index (κ1) is 21.0. The van der Waals surface area contributed by atoms with Crippen LogP contribution < -0.4 is 0 Å². The molecule has 2 heterocycles. The van der Waals surface area contributed by atoms with Gasteiger partial charge in [-0.2, -0.15) is 0 Å². The van der Waals surface area contributed by atoms with Crippen molar-refractivity contribution in [1.82, 2.24) is 14.8 Å². The second kappa shape index (κ2) is 9.68. The molecule has 1 unspecified atom stereocenters. The van der Waals surface area contributed by atoms with Gasteiger partial charge in [0.05, 0.1) is 0 Å². The molecule has 29 heavy (non-hydrogen) atoms. The lowest BCUT2D eigenvalue weighted by Gasteiger charge is -2.35. The lowest BCUT2D eigenvalue weighted by atomic mass is 9.99. The molecule has 0 radical (unpaired) electrons. The lowest BCUT2D eigenvalue weighted by Crippen LogP contribution is -2.43. The molecule has 0 spiro atoms. The lowest BCUT2D eigenvalue weighted by molar-refractivity contribution is 0.0602. The van der Waals surface area contributed by atoms with Gasteiger partial charge in [-0.1, -0.05) is 37.3 Å². The van der Waals surface area contributed by atoms with Gasteiger partial charge >= 0.3 is 0 Å². The van der Waals surface area contributed by atoms with Gasteiger partial charge in [-0.05, 0) is 57.2 Å². The van der Waals surface area contributed by atoms with Gasteiger partial charge in [0.15, 0.2) is 0 Å². The van der Waals surface area contributed by atoms with Crippen molar-refractivity contribution in [2.24, 2.45) is 0 Å². The number of piperidine rings is 1. The summed E-state index contributed by atoms with van der Waals surface area (Å²) in [5, 5.41) is 0. The summed E-state index contributed by atoms with van der Waals surface area (Å²) in [6.45, 7) is 7.44. The summed E-state index contributed by atoms with van der Waals surface area (Å²) in [4.78, 5) is 34.4. The normalized spacial score (nSPS) is 16.7. The highest BCUT2D eigenvalue weighted by Gasteiger charge is 2.28. The van der Waals surface area contributed by atoms with E-state index in [0.29, 0.717) is 17.8 Å². The highest BCUT2D eigenvalue weighted by Crippen LogP contribution is 2.22. The number of pyridine rings is 1. The van der Waals surface area contributed by atoms with Gasteiger partial charge in [-0.25, -0.2) is 0 Å². The molecular weight excluding hydrogens is 362 g/mol. The summed E-state index contributed by atoms with van der Waals surface area (Å²) in [6.07, 6.45) is 5.75. The van der Waals surface area contributed by atoms with E-state index in [-0.39, 0.29) is 23.9 Å². The first-order chi connectivity index (χ1) is 14.0. The molecule has 5 heteroatoms. The van der Waals surface area contributed by atoms with E-state index in [1.807, 2.05) is 54.0 Å². The van der Waals surface area contributed by atoms with Gasteiger partial charge in [-0.15, -0.1) is 0 Å². The molecule has 2 aromatic rings. The summed E-state index contributed by atoms with van der Waals surface area (Å²) in [6, 6.07) is 13.6. The van der Waals surface area contributed by atoms with Crippen LogP contribution in [0.15, 0.2) is 48.7 Å². The van der Waals surface area contributed by atoms with E-state index in [0.717, 1.165) is 37.8 Å². The molecule has 2 amide bonds. The van der Waals surface area contributed by atoms with Gasteiger partial charge in [0.1, 0.15) is 5.69 Å². The molecule has 1 saturated heterocycles. The minimum Gasteiger partial charge on any atom is -0.334 e. The fraction of sp³-hybridized carbons (Fsp3) is 0.458. The molecule has 1 fully saturated rings. The van der Waals surface area contributed by atoms with E-state index < -0.39 is 0 Å². The van der Waals surface area contributed by atoms with Crippen molar-refractivity contribution in [3.8, 4) is 0 Å². The second-order valence-corrected chi connectivity index (χ2v) is 8.00. The zero-order chi connectivity index (χ0) is 20.8. The third-order valence-electron chi connectivity index (χ3n) is 5.67. The molecule has 154 valence electrons. The van der Waals surface area contributed by atoms with Gasteiger partial charge in [-0.3, -0.25) is 14.6 Å².